The van der Waals surface area contributed by atoms with Crippen molar-refractivity contribution < 1.29 is 28.5 Å². The number of hydrogen-bond acceptors (Lipinski definition) is 7. The van der Waals surface area contributed by atoms with Crippen molar-refractivity contribution in [2.45, 2.75) is 26.8 Å². The lowest BCUT2D eigenvalue weighted by atomic mass is 10.2. The smallest absolute Gasteiger partial charge is 0.307 e. The number of nitrogens with zero attached hydrogens (tertiary/aromatic N) is 2. The number of aromatic nitrogens is 1. The Bertz CT molecular complexity index is 1180. The first kappa shape index (κ1) is 20.9. The molecule has 0 saturated heterocycles. The van der Waals surface area contributed by atoms with Crippen molar-refractivity contribution in [2.75, 3.05) is 20.0 Å². The van der Waals surface area contributed by atoms with E-state index in [9.17, 15) is 9.59 Å². The molecule has 0 N–H and O–H groups in total. The molecule has 0 saturated carbocycles. The second-order valence-electron chi connectivity index (χ2n) is 6.64. The number of aryl methyl sites for hydroxylation is 1. The first-order valence-electron chi connectivity index (χ1n) is 9.99. The van der Waals surface area contributed by atoms with Crippen molar-refractivity contribution in [1.82, 2.24) is 4.57 Å². The Kier molecular flexibility index (Phi) is 6.22. The first-order valence-corrected chi connectivity index (χ1v) is 10.8. The molecule has 0 bridgehead atoms. The van der Waals surface area contributed by atoms with Gasteiger partial charge in [-0.2, -0.15) is 4.99 Å². The Morgan fingerprint density at radius 3 is 2.55 bits per heavy atom. The summed E-state index contributed by atoms with van der Waals surface area (Å²) >= 11 is 1.35. The maximum atomic E-state index is 12.8. The van der Waals surface area contributed by atoms with E-state index in [1.165, 1.54) is 11.3 Å². The van der Waals surface area contributed by atoms with E-state index >= 15 is 0 Å². The van der Waals surface area contributed by atoms with Crippen LogP contribution in [-0.4, -0.2) is 36.5 Å². The summed E-state index contributed by atoms with van der Waals surface area (Å²) in [6.45, 7) is 5.03. The van der Waals surface area contributed by atoms with Crippen LogP contribution in [0.1, 0.15) is 30.6 Å². The van der Waals surface area contributed by atoms with Gasteiger partial charge >= 0.3 is 5.97 Å². The highest BCUT2D eigenvalue weighted by Crippen LogP contribution is 2.37. The van der Waals surface area contributed by atoms with Crippen LogP contribution < -0.4 is 19.0 Å². The van der Waals surface area contributed by atoms with Crippen LogP contribution in [0.3, 0.4) is 0 Å². The Labute approximate surface area is 182 Å². The first-order chi connectivity index (χ1) is 15.1. The van der Waals surface area contributed by atoms with Crippen LogP contribution in [-0.2, 0) is 16.1 Å². The van der Waals surface area contributed by atoms with Crippen molar-refractivity contribution in [2.24, 2.45) is 4.99 Å². The molecule has 8 nitrogen and oxygen atoms in total. The molecule has 0 unspecified atom stereocenters. The summed E-state index contributed by atoms with van der Waals surface area (Å²) in [5, 5.41) is 0. The number of thiazole rings is 1. The lowest BCUT2D eigenvalue weighted by molar-refractivity contribution is -0.143. The van der Waals surface area contributed by atoms with Crippen LogP contribution in [0.15, 0.2) is 41.4 Å². The van der Waals surface area contributed by atoms with E-state index in [1.807, 2.05) is 23.6 Å². The van der Waals surface area contributed by atoms with Crippen LogP contribution in [0.2, 0.25) is 0 Å². The number of carbonyl (C=O) groups is 2. The van der Waals surface area contributed by atoms with Crippen LogP contribution in [0.4, 0.5) is 0 Å². The van der Waals surface area contributed by atoms with Crippen molar-refractivity contribution in [3.63, 3.8) is 0 Å². The summed E-state index contributed by atoms with van der Waals surface area (Å²) in [6.07, 6.45) is 0.165. The van der Waals surface area contributed by atoms with Crippen molar-refractivity contribution in [3.8, 4) is 17.2 Å². The largest absolute Gasteiger partial charge is 0.494 e. The van der Waals surface area contributed by atoms with E-state index in [0.717, 1.165) is 10.2 Å². The molecule has 0 radical (unpaired) electrons. The van der Waals surface area contributed by atoms with Crippen molar-refractivity contribution in [3.05, 3.63) is 46.8 Å². The SMILES string of the molecule is CCOC(=O)CCn1c(=NC(=O)c2ccc(OCC)cc2)sc2cc3c(cc21)OCO3. The monoisotopic (exact) mass is 442 g/mol. The Morgan fingerprint density at radius 1 is 1.10 bits per heavy atom. The third-order valence-corrected chi connectivity index (χ3v) is 5.67. The van der Waals surface area contributed by atoms with Crippen LogP contribution in [0, 0.1) is 0 Å². The number of fused-ring (bicyclic) bond motifs is 2. The standard InChI is InChI=1S/C22H22N2O6S/c1-3-27-15-7-5-14(6-8-15)21(26)23-22-24(10-9-20(25)28-4-2)16-11-17-18(30-13-29-17)12-19(16)31-22/h5-8,11-12H,3-4,9-10,13H2,1-2H3. The lowest BCUT2D eigenvalue weighted by Gasteiger charge is -2.06. The molecule has 3 aromatic rings. The molecule has 0 atom stereocenters. The molecule has 2 aromatic carbocycles. The minimum atomic E-state index is -0.375. The molecular formula is C22H22N2O6S. The molecule has 0 aliphatic carbocycles. The molecule has 0 spiro atoms. The summed E-state index contributed by atoms with van der Waals surface area (Å²) in [4.78, 5) is 29.5. The van der Waals surface area contributed by atoms with Crippen LogP contribution in [0.5, 0.6) is 17.2 Å². The highest BCUT2D eigenvalue weighted by molar-refractivity contribution is 7.16. The second kappa shape index (κ2) is 9.22. The minimum Gasteiger partial charge on any atom is -0.494 e. The second-order valence-corrected chi connectivity index (χ2v) is 7.65. The molecule has 1 aliphatic rings. The number of carbonyl (C=O) groups excluding carboxylic acids is 2. The third-order valence-electron chi connectivity index (χ3n) is 4.63. The zero-order valence-corrected chi connectivity index (χ0v) is 18.1. The minimum absolute atomic E-state index is 0.165. The molecule has 4 rings (SSSR count). The number of hydrogen-bond donors (Lipinski definition) is 0. The van der Waals surface area contributed by atoms with Crippen molar-refractivity contribution in [1.29, 1.82) is 0 Å². The fourth-order valence-corrected chi connectivity index (χ4v) is 4.27. The molecule has 1 aromatic heterocycles. The Morgan fingerprint density at radius 2 is 1.84 bits per heavy atom. The van der Waals surface area contributed by atoms with Crippen LogP contribution >= 0.6 is 11.3 Å². The van der Waals surface area contributed by atoms with Gasteiger partial charge in [0, 0.05) is 24.2 Å². The number of ether oxygens (including phenoxy) is 4. The molecule has 1 aliphatic heterocycles. The zero-order valence-electron chi connectivity index (χ0n) is 17.3. The number of amides is 1. The Balaban J connectivity index is 1.71. The van der Waals surface area contributed by atoms with Gasteiger partial charge in [-0.15, -0.1) is 0 Å². The van der Waals surface area contributed by atoms with Gasteiger partial charge in [0.2, 0.25) is 6.79 Å². The van der Waals surface area contributed by atoms with Gasteiger partial charge in [-0.1, -0.05) is 11.3 Å². The quantitative estimate of drug-likeness (QED) is 0.520. The van der Waals surface area contributed by atoms with Crippen LogP contribution in [0.25, 0.3) is 10.2 Å². The summed E-state index contributed by atoms with van der Waals surface area (Å²) in [5.74, 6) is 1.29. The highest BCUT2D eigenvalue weighted by Gasteiger charge is 2.18. The third kappa shape index (κ3) is 4.56. The van der Waals surface area contributed by atoms with Crippen molar-refractivity contribution >= 4 is 33.4 Å². The molecule has 2 heterocycles. The fourth-order valence-electron chi connectivity index (χ4n) is 3.21. The fraction of sp³-hybridized carbons (Fsp3) is 0.318. The van der Waals surface area contributed by atoms with Gasteiger partial charge in [0.05, 0.1) is 29.9 Å². The summed E-state index contributed by atoms with van der Waals surface area (Å²) in [5.41, 5.74) is 1.27. The number of benzene rings is 2. The van der Waals surface area contributed by atoms with E-state index in [0.29, 0.717) is 47.4 Å². The zero-order chi connectivity index (χ0) is 21.8. The topological polar surface area (TPSA) is 88.4 Å². The van der Waals surface area contributed by atoms with Gasteiger partial charge < -0.3 is 23.5 Å². The van der Waals surface area contributed by atoms with E-state index in [-0.39, 0.29) is 25.1 Å². The van der Waals surface area contributed by atoms with E-state index in [1.54, 1.807) is 31.2 Å². The molecule has 162 valence electrons. The average molecular weight is 442 g/mol. The average Bonchev–Trinajstić information content (AvgIpc) is 3.34. The van der Waals surface area contributed by atoms with Gasteiger partial charge in [-0.25, -0.2) is 0 Å². The predicted octanol–water partition coefficient (Wildman–Crippen LogP) is 3.52. The summed E-state index contributed by atoms with van der Waals surface area (Å²) < 4.78 is 24.1. The maximum Gasteiger partial charge on any atom is 0.307 e. The molecule has 9 heteroatoms. The maximum absolute atomic E-state index is 12.8. The molecule has 0 fully saturated rings. The molecule has 31 heavy (non-hydrogen) atoms. The summed E-state index contributed by atoms with van der Waals surface area (Å²) in [6, 6.07) is 10.6. The lowest BCUT2D eigenvalue weighted by Crippen LogP contribution is -2.19. The van der Waals surface area contributed by atoms with Gasteiger partial charge in [0.15, 0.2) is 16.3 Å². The van der Waals surface area contributed by atoms with E-state index in [4.69, 9.17) is 18.9 Å². The summed E-state index contributed by atoms with van der Waals surface area (Å²) in [7, 11) is 0. The molecule has 1 amide bonds. The number of rotatable bonds is 7. The van der Waals surface area contributed by atoms with E-state index < -0.39 is 0 Å². The number of esters is 1. The van der Waals surface area contributed by atoms with Gasteiger partial charge in [0.25, 0.3) is 5.91 Å². The highest BCUT2D eigenvalue weighted by atomic mass is 32.1. The van der Waals surface area contributed by atoms with Gasteiger partial charge in [-0.3, -0.25) is 9.59 Å². The van der Waals surface area contributed by atoms with Gasteiger partial charge in [-0.05, 0) is 38.1 Å². The van der Waals surface area contributed by atoms with E-state index in [2.05, 4.69) is 4.99 Å². The molecular weight excluding hydrogens is 420 g/mol. The van der Waals surface area contributed by atoms with Gasteiger partial charge in [0.1, 0.15) is 5.75 Å². The predicted molar refractivity (Wildman–Crippen MR) is 115 cm³/mol. The Hall–Kier alpha value is -3.33. The normalized spacial score (nSPS) is 12.9.